The highest BCUT2D eigenvalue weighted by Crippen LogP contribution is 2.26. The Morgan fingerprint density at radius 1 is 1.31 bits per heavy atom. The first-order valence-electron chi connectivity index (χ1n) is 9.49. The van der Waals surface area contributed by atoms with Crippen molar-refractivity contribution in [3.8, 4) is 0 Å². The standard InChI is InChI=1S/C22H25N3O2S2/c1-14(2)12-25-21(27)19(11-17-6-5-9-28-17)24-22(25)29-13-20(26)23-18-8-7-15(3)10-16(18)4/h5-11,14H,12-13H2,1-4H3,(H,23,26). The van der Waals surface area contributed by atoms with Gasteiger partial charge in [0.2, 0.25) is 5.91 Å². The number of thiophene rings is 1. The van der Waals surface area contributed by atoms with Crippen molar-refractivity contribution >= 4 is 51.8 Å². The van der Waals surface area contributed by atoms with Gasteiger partial charge in [0, 0.05) is 17.1 Å². The smallest absolute Gasteiger partial charge is 0.278 e. The third-order valence-electron chi connectivity index (χ3n) is 4.27. The van der Waals surface area contributed by atoms with E-state index in [1.54, 1.807) is 16.2 Å². The average molecular weight is 428 g/mol. The lowest BCUT2D eigenvalue weighted by atomic mass is 10.1. The molecule has 0 saturated heterocycles. The molecule has 0 fully saturated rings. The number of amidine groups is 1. The van der Waals surface area contributed by atoms with E-state index in [2.05, 4.69) is 24.2 Å². The fourth-order valence-corrected chi connectivity index (χ4v) is 4.40. The predicted octanol–water partition coefficient (Wildman–Crippen LogP) is 4.93. The Kier molecular flexibility index (Phi) is 6.92. The fourth-order valence-electron chi connectivity index (χ4n) is 2.95. The van der Waals surface area contributed by atoms with Crippen molar-refractivity contribution in [1.29, 1.82) is 0 Å². The second-order valence-corrected chi connectivity index (χ2v) is 9.33. The summed E-state index contributed by atoms with van der Waals surface area (Å²) in [6, 6.07) is 9.82. The maximum Gasteiger partial charge on any atom is 0.278 e. The quantitative estimate of drug-likeness (QED) is 0.665. The van der Waals surface area contributed by atoms with Gasteiger partial charge in [-0.2, -0.15) is 0 Å². The van der Waals surface area contributed by atoms with Gasteiger partial charge in [-0.1, -0.05) is 49.4 Å². The Labute approximate surface area is 179 Å². The average Bonchev–Trinajstić information content (AvgIpc) is 3.26. The number of hydrogen-bond acceptors (Lipinski definition) is 5. The number of rotatable bonds is 6. The summed E-state index contributed by atoms with van der Waals surface area (Å²) in [4.78, 5) is 32.5. The number of carbonyl (C=O) groups excluding carboxylic acids is 2. The molecule has 2 aromatic rings. The molecule has 0 radical (unpaired) electrons. The van der Waals surface area contributed by atoms with Crippen LogP contribution in [0.1, 0.15) is 29.9 Å². The van der Waals surface area contributed by atoms with Crippen molar-refractivity contribution < 1.29 is 9.59 Å². The van der Waals surface area contributed by atoms with Crippen LogP contribution in [0.2, 0.25) is 0 Å². The first-order valence-corrected chi connectivity index (χ1v) is 11.4. The SMILES string of the molecule is Cc1ccc(NC(=O)CSC2=NC(=Cc3cccs3)C(=O)N2CC(C)C)c(C)c1. The molecule has 7 heteroatoms. The lowest BCUT2D eigenvalue weighted by molar-refractivity contribution is -0.122. The summed E-state index contributed by atoms with van der Waals surface area (Å²) >= 11 is 2.86. The molecule has 1 aliphatic rings. The molecule has 1 aromatic carbocycles. The van der Waals surface area contributed by atoms with E-state index in [9.17, 15) is 9.59 Å². The second-order valence-electron chi connectivity index (χ2n) is 7.40. The van der Waals surface area contributed by atoms with Crippen molar-refractivity contribution in [3.05, 3.63) is 57.4 Å². The van der Waals surface area contributed by atoms with Crippen molar-refractivity contribution in [1.82, 2.24) is 4.90 Å². The summed E-state index contributed by atoms with van der Waals surface area (Å²) < 4.78 is 0. The van der Waals surface area contributed by atoms with Crippen LogP contribution in [0.15, 0.2) is 46.4 Å². The molecule has 0 saturated carbocycles. The van der Waals surface area contributed by atoms with E-state index in [1.807, 2.05) is 55.6 Å². The van der Waals surface area contributed by atoms with Crippen LogP contribution in [0.3, 0.4) is 0 Å². The molecule has 29 heavy (non-hydrogen) atoms. The van der Waals surface area contributed by atoms with Crippen LogP contribution in [0.4, 0.5) is 5.69 Å². The highest BCUT2D eigenvalue weighted by Gasteiger charge is 2.31. The number of benzene rings is 1. The number of aliphatic imine (C=N–C) groups is 1. The van der Waals surface area contributed by atoms with E-state index in [0.717, 1.165) is 21.7 Å². The van der Waals surface area contributed by atoms with Gasteiger partial charge in [-0.15, -0.1) is 11.3 Å². The number of amides is 2. The van der Waals surface area contributed by atoms with Crippen LogP contribution in [-0.4, -0.2) is 34.2 Å². The monoisotopic (exact) mass is 427 g/mol. The highest BCUT2D eigenvalue weighted by molar-refractivity contribution is 8.14. The minimum atomic E-state index is -0.114. The van der Waals surface area contributed by atoms with Crippen LogP contribution < -0.4 is 5.32 Å². The van der Waals surface area contributed by atoms with Crippen LogP contribution in [0, 0.1) is 19.8 Å². The third-order valence-corrected chi connectivity index (χ3v) is 6.07. The Hall–Kier alpha value is -2.38. The first-order chi connectivity index (χ1) is 13.8. The van der Waals surface area contributed by atoms with Crippen molar-refractivity contribution in [3.63, 3.8) is 0 Å². The molecule has 1 aromatic heterocycles. The number of nitrogens with one attached hydrogen (secondary N) is 1. The molecule has 152 valence electrons. The van der Waals surface area contributed by atoms with Gasteiger partial charge in [0.05, 0.1) is 5.75 Å². The summed E-state index contributed by atoms with van der Waals surface area (Å²) in [5.41, 5.74) is 3.41. The van der Waals surface area contributed by atoms with Gasteiger partial charge in [-0.25, -0.2) is 4.99 Å². The summed E-state index contributed by atoms with van der Waals surface area (Å²) in [7, 11) is 0. The van der Waals surface area contributed by atoms with Crippen LogP contribution in [-0.2, 0) is 9.59 Å². The molecule has 2 heterocycles. The normalized spacial score (nSPS) is 15.3. The zero-order chi connectivity index (χ0) is 21.0. The number of nitrogens with zero attached hydrogens (tertiary/aromatic N) is 2. The topological polar surface area (TPSA) is 61.8 Å². The van der Waals surface area contributed by atoms with E-state index in [1.165, 1.54) is 11.8 Å². The molecule has 5 nitrogen and oxygen atoms in total. The Balaban J connectivity index is 1.70. The molecular weight excluding hydrogens is 402 g/mol. The van der Waals surface area contributed by atoms with Gasteiger partial charge in [0.15, 0.2) is 5.17 Å². The number of aryl methyl sites for hydroxylation is 2. The number of thioether (sulfide) groups is 1. The van der Waals surface area contributed by atoms with E-state index >= 15 is 0 Å². The Bertz CT molecular complexity index is 962. The number of anilines is 1. The van der Waals surface area contributed by atoms with Crippen molar-refractivity contribution in [2.24, 2.45) is 10.9 Å². The maximum absolute atomic E-state index is 12.8. The predicted molar refractivity (Wildman–Crippen MR) is 123 cm³/mol. The van der Waals surface area contributed by atoms with Crippen LogP contribution in [0.25, 0.3) is 6.08 Å². The van der Waals surface area contributed by atoms with Gasteiger partial charge in [-0.05, 0) is 48.9 Å². The van der Waals surface area contributed by atoms with Gasteiger partial charge >= 0.3 is 0 Å². The lowest BCUT2D eigenvalue weighted by Crippen LogP contribution is -2.34. The minimum absolute atomic E-state index is 0.107. The number of carbonyl (C=O) groups is 2. The largest absolute Gasteiger partial charge is 0.325 e. The van der Waals surface area contributed by atoms with E-state index < -0.39 is 0 Å². The summed E-state index contributed by atoms with van der Waals surface area (Å²) in [5.74, 6) is 0.275. The van der Waals surface area contributed by atoms with E-state index in [-0.39, 0.29) is 17.6 Å². The summed E-state index contributed by atoms with van der Waals surface area (Å²) in [5, 5.41) is 5.50. The fraction of sp³-hybridized carbons (Fsp3) is 0.318. The van der Waals surface area contributed by atoms with Gasteiger partial charge < -0.3 is 5.32 Å². The molecule has 0 atom stereocenters. The molecule has 0 aliphatic carbocycles. The summed E-state index contributed by atoms with van der Waals surface area (Å²) in [6.07, 6.45) is 1.81. The zero-order valence-electron chi connectivity index (χ0n) is 17.1. The lowest BCUT2D eigenvalue weighted by Gasteiger charge is -2.19. The third kappa shape index (κ3) is 5.58. The molecule has 2 amide bonds. The maximum atomic E-state index is 12.8. The number of hydrogen-bond donors (Lipinski definition) is 1. The molecule has 0 bridgehead atoms. The first kappa shape index (κ1) is 21.3. The van der Waals surface area contributed by atoms with Gasteiger partial charge in [0.1, 0.15) is 5.70 Å². The minimum Gasteiger partial charge on any atom is -0.325 e. The van der Waals surface area contributed by atoms with Crippen molar-refractivity contribution in [2.45, 2.75) is 27.7 Å². The molecule has 1 aliphatic heterocycles. The molecule has 1 N–H and O–H groups in total. The molecule has 0 spiro atoms. The van der Waals surface area contributed by atoms with Gasteiger partial charge in [-0.3, -0.25) is 14.5 Å². The van der Waals surface area contributed by atoms with Gasteiger partial charge in [0.25, 0.3) is 5.91 Å². The molecule has 0 unspecified atom stereocenters. The highest BCUT2D eigenvalue weighted by atomic mass is 32.2. The van der Waals surface area contributed by atoms with Crippen LogP contribution >= 0.6 is 23.1 Å². The van der Waals surface area contributed by atoms with E-state index in [4.69, 9.17) is 0 Å². The van der Waals surface area contributed by atoms with Crippen molar-refractivity contribution in [2.75, 3.05) is 17.6 Å². The Morgan fingerprint density at radius 3 is 2.76 bits per heavy atom. The molecular formula is C22H25N3O2S2. The van der Waals surface area contributed by atoms with E-state index in [0.29, 0.717) is 23.3 Å². The second kappa shape index (κ2) is 9.41. The summed E-state index contributed by atoms with van der Waals surface area (Å²) in [6.45, 7) is 8.69. The van der Waals surface area contributed by atoms with Crippen LogP contribution in [0.5, 0.6) is 0 Å². The Morgan fingerprint density at radius 2 is 2.10 bits per heavy atom. The zero-order valence-corrected chi connectivity index (χ0v) is 18.7. The molecule has 3 rings (SSSR count).